The molecule has 1 N–H and O–H groups in total. The maximum atomic E-state index is 12.9. The lowest BCUT2D eigenvalue weighted by molar-refractivity contribution is 0.456. The average molecular weight is 288 g/mol. The summed E-state index contributed by atoms with van der Waals surface area (Å²) in [6.45, 7) is 4.87. The zero-order valence-corrected chi connectivity index (χ0v) is 11.8. The van der Waals surface area contributed by atoms with Crippen molar-refractivity contribution in [2.45, 2.75) is 13.0 Å². The number of nitrogens with zero attached hydrogens (tertiary/aromatic N) is 3. The minimum absolute atomic E-state index is 0.291. The van der Waals surface area contributed by atoms with Crippen LogP contribution in [0, 0.1) is 5.82 Å². The number of benzene rings is 1. The monoisotopic (exact) mass is 288 g/mol. The molecule has 1 aliphatic rings. The quantitative estimate of drug-likeness (QED) is 0.938. The maximum Gasteiger partial charge on any atom is 0.224 e. The number of nitrogens with one attached hydrogen (secondary N) is 1. The summed E-state index contributed by atoms with van der Waals surface area (Å²) in [6, 6.07) is 8.09. The first-order chi connectivity index (χ1) is 10.2. The normalized spacial score (nSPS) is 18.6. The Balaban J connectivity index is 1.75. The van der Waals surface area contributed by atoms with E-state index in [2.05, 4.69) is 27.1 Å². The van der Waals surface area contributed by atoms with E-state index >= 15 is 0 Å². The van der Waals surface area contributed by atoms with Gasteiger partial charge < -0.3 is 15.0 Å². The lowest BCUT2D eigenvalue weighted by Gasteiger charge is -2.32. The molecule has 2 aromatic rings. The first kappa shape index (κ1) is 13.8. The van der Waals surface area contributed by atoms with Gasteiger partial charge in [0.2, 0.25) is 5.88 Å². The smallest absolute Gasteiger partial charge is 0.224 e. The highest BCUT2D eigenvalue weighted by molar-refractivity contribution is 5.42. The van der Waals surface area contributed by atoms with Gasteiger partial charge in [0.15, 0.2) is 0 Å². The maximum absolute atomic E-state index is 12.9. The van der Waals surface area contributed by atoms with Crippen LogP contribution in [-0.2, 0) is 0 Å². The van der Waals surface area contributed by atoms with Crippen LogP contribution in [0.2, 0.25) is 0 Å². The Morgan fingerprint density at radius 1 is 1.29 bits per heavy atom. The minimum Gasteiger partial charge on any atom is -0.439 e. The Bertz CT molecular complexity index is 605. The molecular formula is C15H17FN4O. The first-order valence-electron chi connectivity index (χ1n) is 6.94. The minimum atomic E-state index is -0.291. The fourth-order valence-corrected chi connectivity index (χ4v) is 2.32. The Morgan fingerprint density at radius 3 is 2.86 bits per heavy atom. The highest BCUT2D eigenvalue weighted by Crippen LogP contribution is 2.22. The molecular weight excluding hydrogens is 271 g/mol. The number of halogens is 1. The highest BCUT2D eigenvalue weighted by atomic mass is 19.1. The van der Waals surface area contributed by atoms with Crippen LogP contribution in [0.15, 0.2) is 36.7 Å². The largest absolute Gasteiger partial charge is 0.439 e. The molecule has 0 radical (unpaired) electrons. The van der Waals surface area contributed by atoms with E-state index in [9.17, 15) is 4.39 Å². The van der Waals surface area contributed by atoms with E-state index in [4.69, 9.17) is 4.74 Å². The summed E-state index contributed by atoms with van der Waals surface area (Å²) in [4.78, 5) is 10.6. The number of anilines is 1. The van der Waals surface area contributed by atoms with Gasteiger partial charge in [0.05, 0.1) is 0 Å². The molecule has 1 aromatic heterocycles. The number of hydrogen-bond acceptors (Lipinski definition) is 5. The third kappa shape index (κ3) is 3.46. The summed E-state index contributed by atoms with van der Waals surface area (Å²) < 4.78 is 18.5. The Kier molecular flexibility index (Phi) is 3.96. The predicted molar refractivity (Wildman–Crippen MR) is 78.2 cm³/mol. The third-order valence-corrected chi connectivity index (χ3v) is 3.36. The number of rotatable bonds is 3. The first-order valence-corrected chi connectivity index (χ1v) is 6.94. The van der Waals surface area contributed by atoms with Crippen molar-refractivity contribution in [3.8, 4) is 11.6 Å². The van der Waals surface area contributed by atoms with E-state index in [-0.39, 0.29) is 5.82 Å². The second kappa shape index (κ2) is 6.05. The molecule has 0 bridgehead atoms. The Labute approximate surface area is 122 Å². The standard InChI is InChI=1S/C15H17FN4O/c1-11-9-20(7-6-17-11)14-8-15(19-10-18-14)21-13-4-2-12(16)3-5-13/h2-5,8,10-11,17H,6-7,9H2,1H3. The summed E-state index contributed by atoms with van der Waals surface area (Å²) >= 11 is 0. The molecule has 1 saturated heterocycles. The number of piperazine rings is 1. The second-order valence-electron chi connectivity index (χ2n) is 5.07. The van der Waals surface area contributed by atoms with Crippen molar-refractivity contribution in [3.63, 3.8) is 0 Å². The van der Waals surface area contributed by atoms with Gasteiger partial charge in [-0.05, 0) is 31.2 Å². The van der Waals surface area contributed by atoms with Gasteiger partial charge in [0.1, 0.15) is 23.7 Å². The molecule has 1 atom stereocenters. The molecule has 6 heteroatoms. The van der Waals surface area contributed by atoms with Gasteiger partial charge in [-0.25, -0.2) is 14.4 Å². The van der Waals surface area contributed by atoms with E-state index in [0.717, 1.165) is 25.5 Å². The van der Waals surface area contributed by atoms with Crippen molar-refractivity contribution < 1.29 is 9.13 Å². The number of ether oxygens (including phenoxy) is 1. The summed E-state index contributed by atoms with van der Waals surface area (Å²) in [5.74, 6) is 1.56. The van der Waals surface area contributed by atoms with Crippen molar-refractivity contribution in [1.29, 1.82) is 0 Å². The van der Waals surface area contributed by atoms with Gasteiger partial charge >= 0.3 is 0 Å². The van der Waals surface area contributed by atoms with Gasteiger partial charge in [-0.2, -0.15) is 0 Å². The fourth-order valence-electron chi connectivity index (χ4n) is 2.32. The molecule has 5 nitrogen and oxygen atoms in total. The summed E-state index contributed by atoms with van der Waals surface area (Å²) in [7, 11) is 0. The molecule has 21 heavy (non-hydrogen) atoms. The molecule has 2 heterocycles. The van der Waals surface area contributed by atoms with Crippen LogP contribution in [0.25, 0.3) is 0 Å². The van der Waals surface area contributed by atoms with E-state index in [1.54, 1.807) is 18.2 Å². The molecule has 1 fully saturated rings. The van der Waals surface area contributed by atoms with Crippen molar-refractivity contribution in [1.82, 2.24) is 15.3 Å². The highest BCUT2D eigenvalue weighted by Gasteiger charge is 2.17. The molecule has 0 aliphatic carbocycles. The zero-order chi connectivity index (χ0) is 14.7. The SMILES string of the molecule is CC1CN(c2cc(Oc3ccc(F)cc3)ncn2)CCN1. The van der Waals surface area contributed by atoms with Gasteiger partial charge in [0.25, 0.3) is 0 Å². The molecule has 0 amide bonds. The molecule has 110 valence electrons. The van der Waals surface area contributed by atoms with Crippen LogP contribution in [0.5, 0.6) is 11.6 Å². The van der Waals surface area contributed by atoms with Crippen LogP contribution in [0.3, 0.4) is 0 Å². The van der Waals surface area contributed by atoms with Crippen molar-refractivity contribution >= 4 is 5.82 Å². The number of aromatic nitrogens is 2. The zero-order valence-electron chi connectivity index (χ0n) is 11.8. The van der Waals surface area contributed by atoms with Crippen LogP contribution in [0.1, 0.15) is 6.92 Å². The van der Waals surface area contributed by atoms with Gasteiger partial charge in [-0.1, -0.05) is 0 Å². The lowest BCUT2D eigenvalue weighted by atomic mass is 10.2. The van der Waals surface area contributed by atoms with Crippen LogP contribution in [-0.4, -0.2) is 35.6 Å². The van der Waals surface area contributed by atoms with E-state index in [0.29, 0.717) is 17.7 Å². The lowest BCUT2D eigenvalue weighted by Crippen LogP contribution is -2.49. The van der Waals surface area contributed by atoms with Crippen molar-refractivity contribution in [2.75, 3.05) is 24.5 Å². The van der Waals surface area contributed by atoms with Crippen molar-refractivity contribution in [2.24, 2.45) is 0 Å². The van der Waals surface area contributed by atoms with Gasteiger partial charge in [-0.3, -0.25) is 0 Å². The fraction of sp³-hybridized carbons (Fsp3) is 0.333. The van der Waals surface area contributed by atoms with Gasteiger partial charge in [-0.15, -0.1) is 0 Å². The number of hydrogen-bond donors (Lipinski definition) is 1. The Hall–Kier alpha value is -2.21. The van der Waals surface area contributed by atoms with E-state index < -0.39 is 0 Å². The molecule has 0 spiro atoms. The van der Waals surface area contributed by atoms with E-state index in [1.807, 2.05) is 0 Å². The molecule has 0 saturated carbocycles. The third-order valence-electron chi connectivity index (χ3n) is 3.36. The summed E-state index contributed by atoms with van der Waals surface area (Å²) in [5.41, 5.74) is 0. The topological polar surface area (TPSA) is 50.3 Å². The van der Waals surface area contributed by atoms with E-state index in [1.165, 1.54) is 18.5 Å². The molecule has 1 aromatic carbocycles. The Morgan fingerprint density at radius 2 is 2.10 bits per heavy atom. The van der Waals surface area contributed by atoms with Crippen LogP contribution in [0.4, 0.5) is 10.2 Å². The predicted octanol–water partition coefficient (Wildman–Crippen LogP) is 2.21. The summed E-state index contributed by atoms with van der Waals surface area (Å²) in [6.07, 6.45) is 1.49. The van der Waals surface area contributed by atoms with Crippen molar-refractivity contribution in [3.05, 3.63) is 42.5 Å². The summed E-state index contributed by atoms with van der Waals surface area (Å²) in [5, 5.41) is 3.39. The van der Waals surface area contributed by atoms with Crippen LogP contribution >= 0.6 is 0 Å². The molecule has 1 aliphatic heterocycles. The van der Waals surface area contributed by atoms with Gasteiger partial charge in [0, 0.05) is 31.7 Å². The second-order valence-corrected chi connectivity index (χ2v) is 5.07. The average Bonchev–Trinajstić information content (AvgIpc) is 2.50. The molecule has 1 unspecified atom stereocenters. The van der Waals surface area contributed by atoms with Crippen LogP contribution < -0.4 is 15.0 Å². The molecule has 3 rings (SSSR count).